The molecule has 0 saturated carbocycles. The number of primary amides is 1. The van der Waals surface area contributed by atoms with Gasteiger partial charge in [0, 0.05) is 12.4 Å². The molecule has 0 aliphatic carbocycles. The zero-order valence-corrected chi connectivity index (χ0v) is 8.55. The van der Waals surface area contributed by atoms with Gasteiger partial charge < -0.3 is 11.1 Å². The van der Waals surface area contributed by atoms with Gasteiger partial charge in [0.25, 0.3) is 0 Å². The third-order valence-electron chi connectivity index (χ3n) is 1.99. The maximum absolute atomic E-state index is 10.7. The lowest BCUT2D eigenvalue weighted by atomic mass is 10.4. The topological polar surface area (TPSA) is 102 Å². The van der Waals surface area contributed by atoms with Crippen molar-refractivity contribution in [1.82, 2.24) is 20.0 Å². The highest BCUT2D eigenvalue weighted by Crippen LogP contribution is 2.06. The van der Waals surface area contributed by atoms with Crippen molar-refractivity contribution in [2.24, 2.45) is 5.73 Å². The molecule has 0 radical (unpaired) electrons. The van der Waals surface area contributed by atoms with Gasteiger partial charge in [-0.15, -0.1) is 0 Å². The number of hydrogen-bond donors (Lipinski definition) is 3. The summed E-state index contributed by atoms with van der Waals surface area (Å²) >= 11 is 0. The van der Waals surface area contributed by atoms with Crippen LogP contribution in [0, 0.1) is 0 Å². The van der Waals surface area contributed by atoms with Crippen LogP contribution in [0.3, 0.4) is 0 Å². The van der Waals surface area contributed by atoms with Gasteiger partial charge in [0.05, 0.1) is 24.1 Å². The molecule has 1 amide bonds. The predicted octanol–water partition coefficient (Wildman–Crippen LogP) is -0.296. The number of nitrogens with zero attached hydrogens (tertiary/aromatic N) is 3. The molecule has 2 heterocycles. The Morgan fingerprint density at radius 2 is 2.50 bits per heavy atom. The highest BCUT2D eigenvalue weighted by atomic mass is 16.1. The van der Waals surface area contributed by atoms with Crippen LogP contribution >= 0.6 is 0 Å². The Bertz CT molecular complexity index is 460. The number of hydrogen-bond acceptors (Lipinski definition) is 4. The monoisotopic (exact) mass is 220 g/mol. The van der Waals surface area contributed by atoms with E-state index in [4.69, 9.17) is 5.73 Å². The fourth-order valence-electron chi connectivity index (χ4n) is 1.28. The van der Waals surface area contributed by atoms with Crippen LogP contribution in [0.25, 0.3) is 0 Å². The first-order chi connectivity index (χ1) is 7.74. The lowest BCUT2D eigenvalue weighted by Gasteiger charge is -1.99. The third kappa shape index (κ3) is 2.59. The Labute approximate surface area is 91.6 Å². The zero-order valence-electron chi connectivity index (χ0n) is 8.55. The first-order valence-electron chi connectivity index (χ1n) is 4.77. The Hall–Kier alpha value is -2.31. The molecule has 7 nitrogen and oxygen atoms in total. The number of H-pyrrole nitrogens is 1. The molecule has 2 aromatic rings. The van der Waals surface area contributed by atoms with Gasteiger partial charge in [0.1, 0.15) is 6.54 Å². The van der Waals surface area contributed by atoms with Gasteiger partial charge in [-0.25, -0.2) is 0 Å². The second-order valence-electron chi connectivity index (χ2n) is 3.33. The van der Waals surface area contributed by atoms with Crippen molar-refractivity contribution in [2.75, 3.05) is 5.32 Å². The summed E-state index contributed by atoms with van der Waals surface area (Å²) in [5.41, 5.74) is 6.86. The molecular weight excluding hydrogens is 208 g/mol. The fourth-order valence-corrected chi connectivity index (χ4v) is 1.28. The molecule has 4 N–H and O–H groups in total. The van der Waals surface area contributed by atoms with Crippen molar-refractivity contribution in [1.29, 1.82) is 0 Å². The van der Waals surface area contributed by atoms with Crippen LogP contribution in [0.1, 0.15) is 5.69 Å². The van der Waals surface area contributed by atoms with Crippen molar-refractivity contribution >= 4 is 11.6 Å². The summed E-state index contributed by atoms with van der Waals surface area (Å²) < 4.78 is 1.48. The summed E-state index contributed by atoms with van der Waals surface area (Å²) in [6.07, 6.45) is 5.05. The van der Waals surface area contributed by atoms with Crippen molar-refractivity contribution in [2.45, 2.75) is 13.1 Å². The molecule has 84 valence electrons. The smallest absolute Gasteiger partial charge is 0.239 e. The maximum atomic E-state index is 10.7. The number of rotatable bonds is 5. The first-order valence-corrected chi connectivity index (χ1v) is 4.77. The highest BCUT2D eigenvalue weighted by Gasteiger charge is 2.01. The lowest BCUT2D eigenvalue weighted by Crippen LogP contribution is -2.18. The normalized spacial score (nSPS) is 10.2. The Kier molecular flexibility index (Phi) is 2.86. The molecule has 0 aromatic carbocycles. The Balaban J connectivity index is 1.90. The van der Waals surface area contributed by atoms with Crippen LogP contribution in [0.2, 0.25) is 0 Å². The number of carbonyl (C=O) groups is 1. The molecule has 0 unspecified atom stereocenters. The van der Waals surface area contributed by atoms with Gasteiger partial charge >= 0.3 is 0 Å². The quantitative estimate of drug-likeness (QED) is 0.644. The number of nitrogens with one attached hydrogen (secondary N) is 2. The third-order valence-corrected chi connectivity index (χ3v) is 1.99. The summed E-state index contributed by atoms with van der Waals surface area (Å²) in [5, 5.41) is 13.8. The molecule has 2 aromatic heterocycles. The van der Waals surface area contributed by atoms with Crippen molar-refractivity contribution in [3.63, 3.8) is 0 Å². The zero-order chi connectivity index (χ0) is 11.4. The van der Waals surface area contributed by atoms with Crippen molar-refractivity contribution < 1.29 is 4.79 Å². The van der Waals surface area contributed by atoms with E-state index < -0.39 is 5.91 Å². The number of aromatic nitrogens is 4. The summed E-state index contributed by atoms with van der Waals surface area (Å²) in [5.74, 6) is -0.414. The largest absolute Gasteiger partial charge is 0.377 e. The predicted molar refractivity (Wildman–Crippen MR) is 57.3 cm³/mol. The lowest BCUT2D eigenvalue weighted by molar-refractivity contribution is -0.118. The second kappa shape index (κ2) is 4.47. The molecule has 0 aliphatic rings. The average molecular weight is 220 g/mol. The average Bonchev–Trinajstić information content (AvgIpc) is 2.84. The van der Waals surface area contributed by atoms with E-state index in [9.17, 15) is 4.79 Å². The van der Waals surface area contributed by atoms with Gasteiger partial charge in [-0.2, -0.15) is 10.2 Å². The second-order valence-corrected chi connectivity index (χ2v) is 3.33. The van der Waals surface area contributed by atoms with Gasteiger partial charge in [0.2, 0.25) is 5.91 Å². The molecule has 0 atom stereocenters. The standard InChI is InChI=1S/C9H12N6O/c10-9(16)6-15-5-8(4-13-15)11-3-7-1-2-12-14-7/h1-2,4-5,11H,3,6H2,(H2,10,16)(H,12,14). The number of anilines is 1. The SMILES string of the molecule is NC(=O)Cn1cc(NCc2ccn[nH]2)cn1. The molecule has 2 rings (SSSR count). The molecule has 16 heavy (non-hydrogen) atoms. The number of nitrogens with two attached hydrogens (primary N) is 1. The molecule has 0 spiro atoms. The number of aromatic amines is 1. The van der Waals surface area contributed by atoms with Gasteiger partial charge in [0.15, 0.2) is 0 Å². The molecule has 0 fully saturated rings. The van der Waals surface area contributed by atoms with Crippen LogP contribution < -0.4 is 11.1 Å². The minimum absolute atomic E-state index is 0.0890. The Morgan fingerprint density at radius 3 is 3.19 bits per heavy atom. The van der Waals surface area contributed by atoms with Crippen LogP contribution in [0.4, 0.5) is 5.69 Å². The highest BCUT2D eigenvalue weighted by molar-refractivity contribution is 5.73. The van der Waals surface area contributed by atoms with Crippen LogP contribution in [0.15, 0.2) is 24.7 Å². The van der Waals surface area contributed by atoms with E-state index in [-0.39, 0.29) is 6.54 Å². The van der Waals surface area contributed by atoms with E-state index in [1.54, 1.807) is 18.6 Å². The minimum Gasteiger partial charge on any atom is -0.377 e. The van der Waals surface area contributed by atoms with Crippen LogP contribution in [0.5, 0.6) is 0 Å². The number of carbonyl (C=O) groups excluding carboxylic acids is 1. The summed E-state index contributed by atoms with van der Waals surface area (Å²) in [6, 6.07) is 1.88. The maximum Gasteiger partial charge on any atom is 0.239 e. The fraction of sp³-hybridized carbons (Fsp3) is 0.222. The van der Waals surface area contributed by atoms with E-state index in [1.807, 2.05) is 6.07 Å². The van der Waals surface area contributed by atoms with Gasteiger partial charge in [-0.3, -0.25) is 14.6 Å². The Morgan fingerprint density at radius 1 is 1.62 bits per heavy atom. The van der Waals surface area contributed by atoms with E-state index in [1.165, 1.54) is 4.68 Å². The van der Waals surface area contributed by atoms with Crippen molar-refractivity contribution in [3.8, 4) is 0 Å². The summed E-state index contributed by atoms with van der Waals surface area (Å²) in [7, 11) is 0. The van der Waals surface area contributed by atoms with E-state index in [0.717, 1.165) is 11.4 Å². The van der Waals surface area contributed by atoms with E-state index >= 15 is 0 Å². The summed E-state index contributed by atoms with van der Waals surface area (Å²) in [6.45, 7) is 0.716. The van der Waals surface area contributed by atoms with E-state index in [2.05, 4.69) is 20.6 Å². The molecule has 0 bridgehead atoms. The first kappa shape index (κ1) is 10.2. The van der Waals surface area contributed by atoms with Crippen molar-refractivity contribution in [3.05, 3.63) is 30.4 Å². The van der Waals surface area contributed by atoms with Crippen LogP contribution in [-0.4, -0.2) is 25.9 Å². The molecule has 7 heteroatoms. The number of amides is 1. The van der Waals surface area contributed by atoms with E-state index in [0.29, 0.717) is 6.54 Å². The minimum atomic E-state index is -0.414. The molecule has 0 aliphatic heterocycles. The van der Waals surface area contributed by atoms with Gasteiger partial charge in [-0.1, -0.05) is 0 Å². The summed E-state index contributed by atoms with van der Waals surface area (Å²) in [4.78, 5) is 10.7. The van der Waals surface area contributed by atoms with Gasteiger partial charge in [-0.05, 0) is 6.07 Å². The molecular formula is C9H12N6O. The van der Waals surface area contributed by atoms with Crippen LogP contribution in [-0.2, 0) is 17.9 Å². The molecule has 0 saturated heterocycles.